The molecule has 0 bridgehead atoms. The fraction of sp³-hybridized carbons (Fsp3) is 0.481. The van der Waals surface area contributed by atoms with E-state index >= 15 is 0 Å². The molecule has 0 heterocycles. The molecule has 196 valence electrons. The Bertz CT molecular complexity index is 1200. The zero-order valence-corrected chi connectivity index (χ0v) is 23.0. The molecule has 1 fully saturated rings. The lowest BCUT2D eigenvalue weighted by Crippen LogP contribution is -2.53. The molecule has 0 unspecified atom stereocenters. The van der Waals surface area contributed by atoms with Gasteiger partial charge in [-0.25, -0.2) is 8.42 Å². The van der Waals surface area contributed by atoms with Crippen LogP contribution in [0.4, 0.5) is 5.69 Å². The summed E-state index contributed by atoms with van der Waals surface area (Å²) in [7, 11) is -3.78. The Balaban J connectivity index is 1.95. The monoisotopic (exact) mass is 533 g/mol. The van der Waals surface area contributed by atoms with Crippen LogP contribution in [0, 0.1) is 13.8 Å². The largest absolute Gasteiger partial charge is 0.352 e. The molecule has 3 rings (SSSR count). The van der Waals surface area contributed by atoms with E-state index in [1.54, 1.807) is 18.2 Å². The first kappa shape index (κ1) is 28.0. The third-order valence-electron chi connectivity index (χ3n) is 6.69. The lowest BCUT2D eigenvalue weighted by Gasteiger charge is -2.34. The van der Waals surface area contributed by atoms with Gasteiger partial charge in [-0.15, -0.1) is 0 Å². The Morgan fingerprint density at radius 2 is 1.78 bits per heavy atom. The van der Waals surface area contributed by atoms with Crippen LogP contribution in [-0.2, 0) is 26.2 Å². The van der Waals surface area contributed by atoms with E-state index in [0.29, 0.717) is 22.7 Å². The SMILES string of the molecule is CC[C@H](C(=O)NC1CCCC1)N(Cc1ccccc1Cl)C(=O)CN(c1ccc(C)cc1C)S(C)(=O)=O. The number of sulfonamides is 1. The van der Waals surface area contributed by atoms with Gasteiger partial charge < -0.3 is 10.2 Å². The highest BCUT2D eigenvalue weighted by Gasteiger charge is 2.33. The number of amides is 2. The van der Waals surface area contributed by atoms with Crippen LogP contribution in [0.3, 0.4) is 0 Å². The van der Waals surface area contributed by atoms with Crippen molar-refractivity contribution in [3.05, 3.63) is 64.2 Å². The zero-order chi connectivity index (χ0) is 26.5. The third kappa shape index (κ3) is 7.01. The van der Waals surface area contributed by atoms with Gasteiger partial charge in [0.1, 0.15) is 12.6 Å². The molecule has 0 saturated heterocycles. The molecule has 7 nitrogen and oxygen atoms in total. The smallest absolute Gasteiger partial charge is 0.244 e. The minimum atomic E-state index is -3.78. The molecule has 2 aromatic rings. The number of nitrogens with one attached hydrogen (secondary N) is 1. The Kier molecular flexibility index (Phi) is 9.41. The van der Waals surface area contributed by atoms with Crippen LogP contribution >= 0.6 is 11.6 Å². The second kappa shape index (κ2) is 12.1. The molecule has 2 aromatic carbocycles. The van der Waals surface area contributed by atoms with Crippen molar-refractivity contribution in [1.29, 1.82) is 0 Å². The first-order chi connectivity index (χ1) is 17.0. The van der Waals surface area contributed by atoms with Crippen LogP contribution in [0.5, 0.6) is 0 Å². The van der Waals surface area contributed by atoms with Crippen LogP contribution in [-0.4, -0.2) is 50.0 Å². The van der Waals surface area contributed by atoms with Crippen molar-refractivity contribution in [2.45, 2.75) is 71.5 Å². The normalized spacial score (nSPS) is 14.9. The summed E-state index contributed by atoms with van der Waals surface area (Å²) in [5.74, 6) is -0.684. The maximum absolute atomic E-state index is 13.8. The molecule has 0 spiro atoms. The highest BCUT2D eigenvalue weighted by Crippen LogP contribution is 2.26. The summed E-state index contributed by atoms with van der Waals surface area (Å²) in [6.45, 7) is 5.27. The molecule has 1 saturated carbocycles. The number of aryl methyl sites for hydroxylation is 2. The Hall–Kier alpha value is -2.58. The minimum Gasteiger partial charge on any atom is -0.352 e. The van der Waals surface area contributed by atoms with Gasteiger partial charge in [-0.05, 0) is 56.4 Å². The number of hydrogen-bond donors (Lipinski definition) is 1. The van der Waals surface area contributed by atoms with E-state index in [1.807, 2.05) is 45.0 Å². The average molecular weight is 534 g/mol. The third-order valence-corrected chi connectivity index (χ3v) is 8.18. The second-order valence-electron chi connectivity index (χ2n) is 9.59. The van der Waals surface area contributed by atoms with Gasteiger partial charge >= 0.3 is 0 Å². The van der Waals surface area contributed by atoms with Gasteiger partial charge in [-0.3, -0.25) is 13.9 Å². The van der Waals surface area contributed by atoms with Crippen molar-refractivity contribution in [3.63, 3.8) is 0 Å². The number of halogens is 1. The minimum absolute atomic E-state index is 0.0968. The molecule has 1 aliphatic rings. The molecule has 0 aromatic heterocycles. The van der Waals surface area contributed by atoms with Crippen LogP contribution < -0.4 is 9.62 Å². The maximum atomic E-state index is 13.8. The molecule has 9 heteroatoms. The van der Waals surface area contributed by atoms with Gasteiger partial charge in [0.25, 0.3) is 0 Å². The number of anilines is 1. The van der Waals surface area contributed by atoms with E-state index in [-0.39, 0.29) is 18.5 Å². The van der Waals surface area contributed by atoms with E-state index in [0.717, 1.165) is 47.4 Å². The first-order valence-corrected chi connectivity index (χ1v) is 14.6. The van der Waals surface area contributed by atoms with E-state index in [4.69, 9.17) is 11.6 Å². The summed E-state index contributed by atoms with van der Waals surface area (Å²) >= 11 is 6.40. The quantitative estimate of drug-likeness (QED) is 0.484. The standard InChI is InChI=1S/C27H36ClN3O4S/c1-5-24(27(33)29-22-11-7-8-12-22)30(17-21-10-6-9-13-23(21)28)26(32)18-31(36(4,34)35)25-15-14-19(2)16-20(25)3/h6,9-10,13-16,22,24H,5,7-8,11-12,17-18H2,1-4H3,(H,29,33)/t24-/m1/s1. The molecular weight excluding hydrogens is 498 g/mol. The predicted octanol–water partition coefficient (Wildman–Crippen LogP) is 4.59. The lowest BCUT2D eigenvalue weighted by atomic mass is 10.1. The van der Waals surface area contributed by atoms with Gasteiger partial charge in [0, 0.05) is 17.6 Å². The number of benzene rings is 2. The highest BCUT2D eigenvalue weighted by molar-refractivity contribution is 7.92. The molecule has 0 aliphatic heterocycles. The molecule has 2 amide bonds. The molecule has 36 heavy (non-hydrogen) atoms. The first-order valence-electron chi connectivity index (χ1n) is 12.4. The van der Waals surface area contributed by atoms with Crippen LogP contribution in [0.1, 0.15) is 55.7 Å². The number of hydrogen-bond acceptors (Lipinski definition) is 4. The predicted molar refractivity (Wildman–Crippen MR) is 145 cm³/mol. The molecule has 0 radical (unpaired) electrons. The van der Waals surface area contributed by atoms with E-state index in [2.05, 4.69) is 5.32 Å². The van der Waals surface area contributed by atoms with E-state index in [9.17, 15) is 18.0 Å². The molecule has 1 N–H and O–H groups in total. The van der Waals surface area contributed by atoms with Crippen molar-refractivity contribution in [2.24, 2.45) is 0 Å². The topological polar surface area (TPSA) is 86.8 Å². The lowest BCUT2D eigenvalue weighted by molar-refractivity contribution is -0.140. The highest BCUT2D eigenvalue weighted by atomic mass is 35.5. The summed E-state index contributed by atoms with van der Waals surface area (Å²) < 4.78 is 26.7. The summed E-state index contributed by atoms with van der Waals surface area (Å²) in [6.07, 6.45) is 5.47. The maximum Gasteiger partial charge on any atom is 0.244 e. The van der Waals surface area contributed by atoms with E-state index in [1.165, 1.54) is 4.90 Å². The van der Waals surface area contributed by atoms with Crippen molar-refractivity contribution >= 4 is 39.1 Å². The summed E-state index contributed by atoms with van der Waals surface area (Å²) in [6, 6.07) is 11.9. The number of rotatable bonds is 10. The summed E-state index contributed by atoms with van der Waals surface area (Å²) in [4.78, 5) is 28.6. The Morgan fingerprint density at radius 3 is 2.36 bits per heavy atom. The molecular formula is C27H36ClN3O4S. The van der Waals surface area contributed by atoms with E-state index < -0.39 is 28.5 Å². The molecule has 1 aliphatic carbocycles. The van der Waals surface area contributed by atoms with Gasteiger partial charge in [0.2, 0.25) is 21.8 Å². The number of carbonyl (C=O) groups excluding carboxylic acids is 2. The number of carbonyl (C=O) groups is 2. The zero-order valence-electron chi connectivity index (χ0n) is 21.5. The number of nitrogens with zero attached hydrogens (tertiary/aromatic N) is 2. The van der Waals surface area contributed by atoms with Crippen molar-refractivity contribution in [2.75, 3.05) is 17.1 Å². The fourth-order valence-electron chi connectivity index (χ4n) is 4.78. The Morgan fingerprint density at radius 1 is 1.11 bits per heavy atom. The van der Waals surface area contributed by atoms with Crippen LogP contribution in [0.25, 0.3) is 0 Å². The second-order valence-corrected chi connectivity index (χ2v) is 11.9. The summed E-state index contributed by atoms with van der Waals surface area (Å²) in [5.41, 5.74) is 2.87. The average Bonchev–Trinajstić information content (AvgIpc) is 3.31. The van der Waals surface area contributed by atoms with Gasteiger partial charge in [0.05, 0.1) is 11.9 Å². The van der Waals surface area contributed by atoms with Gasteiger partial charge in [0.15, 0.2) is 0 Å². The van der Waals surface area contributed by atoms with Crippen LogP contribution in [0.15, 0.2) is 42.5 Å². The van der Waals surface area contributed by atoms with Crippen molar-refractivity contribution in [3.8, 4) is 0 Å². The van der Waals surface area contributed by atoms with Crippen molar-refractivity contribution in [1.82, 2.24) is 10.2 Å². The van der Waals surface area contributed by atoms with Crippen molar-refractivity contribution < 1.29 is 18.0 Å². The summed E-state index contributed by atoms with van der Waals surface area (Å²) in [5, 5.41) is 3.58. The van der Waals surface area contributed by atoms with Crippen LogP contribution in [0.2, 0.25) is 5.02 Å². The fourth-order valence-corrected chi connectivity index (χ4v) is 5.88. The van der Waals surface area contributed by atoms with Gasteiger partial charge in [-0.1, -0.05) is 67.3 Å². The Labute approximate surface area is 219 Å². The van der Waals surface area contributed by atoms with Gasteiger partial charge in [-0.2, -0.15) is 0 Å². The molecule has 1 atom stereocenters.